The van der Waals surface area contributed by atoms with Gasteiger partial charge in [0.2, 0.25) is 5.91 Å². The lowest BCUT2D eigenvalue weighted by Crippen LogP contribution is -2.27. The van der Waals surface area contributed by atoms with Crippen molar-refractivity contribution in [2.24, 2.45) is 0 Å². The van der Waals surface area contributed by atoms with Gasteiger partial charge in [-0.1, -0.05) is 0 Å². The van der Waals surface area contributed by atoms with Crippen molar-refractivity contribution in [3.8, 4) is 0 Å². The molecule has 0 atom stereocenters. The number of benzene rings is 1. The SMILES string of the molecule is O=C(Cn1cnc2ccsc2c1=O)Nc1ccc(F)cc1. The summed E-state index contributed by atoms with van der Waals surface area (Å²) in [5.74, 6) is -0.752. The van der Waals surface area contributed by atoms with E-state index in [0.717, 1.165) is 0 Å². The first-order chi connectivity index (χ1) is 10.1. The predicted molar refractivity (Wildman–Crippen MR) is 78.9 cm³/mol. The molecule has 0 aliphatic carbocycles. The standard InChI is InChI=1S/C14H10FN3O2S/c15-9-1-3-10(4-2-9)17-12(19)7-18-8-16-11-5-6-21-13(11)14(18)20/h1-6,8H,7H2,(H,17,19). The summed E-state index contributed by atoms with van der Waals surface area (Å²) >= 11 is 1.29. The second kappa shape index (κ2) is 5.45. The summed E-state index contributed by atoms with van der Waals surface area (Å²) in [5.41, 5.74) is 0.851. The lowest BCUT2D eigenvalue weighted by Gasteiger charge is -2.07. The number of aromatic nitrogens is 2. The minimum atomic E-state index is -0.378. The Balaban J connectivity index is 1.78. The molecule has 106 valence electrons. The lowest BCUT2D eigenvalue weighted by molar-refractivity contribution is -0.116. The quantitative estimate of drug-likeness (QED) is 0.807. The second-order valence-electron chi connectivity index (χ2n) is 4.37. The van der Waals surface area contributed by atoms with Crippen molar-refractivity contribution in [1.29, 1.82) is 0 Å². The number of hydrogen-bond donors (Lipinski definition) is 1. The largest absolute Gasteiger partial charge is 0.325 e. The van der Waals surface area contributed by atoms with E-state index in [1.54, 1.807) is 11.4 Å². The number of thiophene rings is 1. The molecule has 0 fully saturated rings. The van der Waals surface area contributed by atoms with Gasteiger partial charge in [-0.05, 0) is 35.7 Å². The van der Waals surface area contributed by atoms with Crippen molar-refractivity contribution < 1.29 is 9.18 Å². The minimum Gasteiger partial charge on any atom is -0.325 e. The van der Waals surface area contributed by atoms with Crippen LogP contribution in [0.3, 0.4) is 0 Å². The number of rotatable bonds is 3. The average Bonchev–Trinajstić information content (AvgIpc) is 2.94. The van der Waals surface area contributed by atoms with Gasteiger partial charge in [-0.2, -0.15) is 0 Å². The van der Waals surface area contributed by atoms with Gasteiger partial charge in [-0.25, -0.2) is 9.37 Å². The Bertz CT molecular complexity index is 855. The topological polar surface area (TPSA) is 64.0 Å². The maximum Gasteiger partial charge on any atom is 0.271 e. The van der Waals surface area contributed by atoms with Crippen LogP contribution < -0.4 is 10.9 Å². The predicted octanol–water partition coefficient (Wildman–Crippen LogP) is 2.24. The number of carbonyl (C=O) groups excluding carboxylic acids is 1. The molecule has 5 nitrogen and oxygen atoms in total. The highest BCUT2D eigenvalue weighted by Gasteiger charge is 2.09. The monoisotopic (exact) mass is 303 g/mol. The van der Waals surface area contributed by atoms with E-state index in [1.165, 1.54) is 46.5 Å². The van der Waals surface area contributed by atoms with E-state index in [-0.39, 0.29) is 23.8 Å². The molecule has 2 aromatic heterocycles. The van der Waals surface area contributed by atoms with E-state index in [9.17, 15) is 14.0 Å². The second-order valence-corrected chi connectivity index (χ2v) is 5.28. The molecule has 0 aliphatic heterocycles. The van der Waals surface area contributed by atoms with Crippen LogP contribution in [-0.4, -0.2) is 15.5 Å². The maximum atomic E-state index is 12.8. The van der Waals surface area contributed by atoms with Gasteiger partial charge in [-0.3, -0.25) is 14.2 Å². The molecule has 1 N–H and O–H groups in total. The summed E-state index contributed by atoms with van der Waals surface area (Å²) in [4.78, 5) is 28.1. The van der Waals surface area contributed by atoms with Crippen molar-refractivity contribution in [2.45, 2.75) is 6.54 Å². The first-order valence-electron chi connectivity index (χ1n) is 6.11. The Morgan fingerprint density at radius 3 is 2.81 bits per heavy atom. The van der Waals surface area contributed by atoms with Crippen LogP contribution in [0.4, 0.5) is 10.1 Å². The number of nitrogens with one attached hydrogen (secondary N) is 1. The van der Waals surface area contributed by atoms with Crippen LogP contribution in [0.5, 0.6) is 0 Å². The summed E-state index contributed by atoms with van der Waals surface area (Å²) in [7, 11) is 0. The number of hydrogen-bond acceptors (Lipinski definition) is 4. The van der Waals surface area contributed by atoms with Crippen LogP contribution in [0.25, 0.3) is 10.2 Å². The lowest BCUT2D eigenvalue weighted by atomic mass is 10.3. The summed E-state index contributed by atoms with van der Waals surface area (Å²) in [6.45, 7) is -0.142. The number of halogens is 1. The third-order valence-corrected chi connectivity index (χ3v) is 3.77. The van der Waals surface area contributed by atoms with Gasteiger partial charge < -0.3 is 5.32 Å². The van der Waals surface area contributed by atoms with Gasteiger partial charge in [0.05, 0.1) is 11.8 Å². The molecule has 0 aliphatic rings. The number of nitrogens with zero attached hydrogens (tertiary/aromatic N) is 2. The van der Waals surface area contributed by atoms with E-state index < -0.39 is 0 Å². The molecule has 21 heavy (non-hydrogen) atoms. The number of amides is 1. The fourth-order valence-corrected chi connectivity index (χ4v) is 2.67. The molecule has 0 bridgehead atoms. The Labute approximate surface area is 122 Å². The van der Waals surface area contributed by atoms with E-state index in [1.807, 2.05) is 0 Å². The van der Waals surface area contributed by atoms with Gasteiger partial charge in [0.25, 0.3) is 5.56 Å². The number of anilines is 1. The van der Waals surface area contributed by atoms with Crippen molar-refractivity contribution in [3.05, 3.63) is 58.2 Å². The number of carbonyl (C=O) groups is 1. The maximum absolute atomic E-state index is 12.8. The molecule has 1 amide bonds. The fraction of sp³-hybridized carbons (Fsp3) is 0.0714. The number of fused-ring (bicyclic) bond motifs is 1. The highest BCUT2D eigenvalue weighted by molar-refractivity contribution is 7.17. The van der Waals surface area contributed by atoms with Crippen molar-refractivity contribution in [3.63, 3.8) is 0 Å². The third-order valence-electron chi connectivity index (χ3n) is 2.88. The molecular formula is C14H10FN3O2S. The van der Waals surface area contributed by atoms with Crippen LogP contribution in [-0.2, 0) is 11.3 Å². The van der Waals surface area contributed by atoms with Crippen molar-refractivity contribution in [1.82, 2.24) is 9.55 Å². The molecule has 3 rings (SSSR count). The molecule has 0 radical (unpaired) electrons. The van der Waals surface area contributed by atoms with Crippen LogP contribution in [0.2, 0.25) is 0 Å². The first kappa shape index (κ1) is 13.4. The fourth-order valence-electron chi connectivity index (χ4n) is 1.88. The molecule has 0 unspecified atom stereocenters. The Morgan fingerprint density at radius 1 is 1.29 bits per heavy atom. The summed E-state index contributed by atoms with van der Waals surface area (Å²) in [5, 5.41) is 4.38. The molecule has 7 heteroatoms. The van der Waals surface area contributed by atoms with Gasteiger partial charge >= 0.3 is 0 Å². The molecule has 1 aromatic carbocycles. The summed E-state index contributed by atoms with van der Waals surface area (Å²) in [6.07, 6.45) is 1.35. The van der Waals surface area contributed by atoms with Crippen LogP contribution >= 0.6 is 11.3 Å². The van der Waals surface area contributed by atoms with Gasteiger partial charge in [0.1, 0.15) is 17.1 Å². The zero-order chi connectivity index (χ0) is 14.8. The average molecular weight is 303 g/mol. The first-order valence-corrected chi connectivity index (χ1v) is 6.99. The van der Waals surface area contributed by atoms with Crippen LogP contribution in [0.1, 0.15) is 0 Å². The van der Waals surface area contributed by atoms with Gasteiger partial charge in [0.15, 0.2) is 0 Å². The van der Waals surface area contributed by atoms with Gasteiger partial charge in [-0.15, -0.1) is 11.3 Å². The highest BCUT2D eigenvalue weighted by Crippen LogP contribution is 2.13. The van der Waals surface area contributed by atoms with Crippen LogP contribution in [0.15, 0.2) is 46.8 Å². The molecule has 0 spiro atoms. The smallest absolute Gasteiger partial charge is 0.271 e. The molecule has 2 heterocycles. The van der Waals surface area contributed by atoms with Crippen molar-refractivity contribution >= 4 is 33.1 Å². The summed E-state index contributed by atoms with van der Waals surface area (Å²) in [6, 6.07) is 7.17. The zero-order valence-electron chi connectivity index (χ0n) is 10.7. The van der Waals surface area contributed by atoms with Gasteiger partial charge in [0, 0.05) is 5.69 Å². The van der Waals surface area contributed by atoms with E-state index >= 15 is 0 Å². The molecule has 0 saturated heterocycles. The Hall–Kier alpha value is -2.54. The summed E-state index contributed by atoms with van der Waals surface area (Å²) < 4.78 is 14.5. The normalized spacial score (nSPS) is 10.7. The zero-order valence-corrected chi connectivity index (χ0v) is 11.6. The molecule has 0 saturated carbocycles. The van der Waals surface area contributed by atoms with E-state index in [4.69, 9.17) is 0 Å². The Morgan fingerprint density at radius 2 is 2.05 bits per heavy atom. The minimum absolute atomic E-state index is 0.142. The molecule has 3 aromatic rings. The van der Waals surface area contributed by atoms with Crippen LogP contribution in [0, 0.1) is 5.82 Å². The van der Waals surface area contributed by atoms with Crippen molar-refractivity contribution in [2.75, 3.05) is 5.32 Å². The molecular weight excluding hydrogens is 293 g/mol. The third kappa shape index (κ3) is 2.82. The Kier molecular flexibility index (Phi) is 3.49. The highest BCUT2D eigenvalue weighted by atomic mass is 32.1. The van der Waals surface area contributed by atoms with E-state index in [0.29, 0.717) is 15.9 Å². The van der Waals surface area contributed by atoms with E-state index in [2.05, 4.69) is 10.3 Å².